The standard InChI is InChI=1S/C20H21ClN4O2S/c1-3-6-19-23-24-20(28)25(19)22-12-14-9-10-17(18(11-14)26-2)27-13-15-7-4-5-8-16(15)21/h4-5,7-12H,3,6,13H2,1-2H3,(H,24,28)/b22-12+. The van der Waals surface area contributed by atoms with Gasteiger partial charge in [0.15, 0.2) is 17.3 Å². The van der Waals surface area contributed by atoms with E-state index >= 15 is 0 Å². The number of aromatic nitrogens is 3. The molecule has 1 aromatic heterocycles. The molecule has 0 atom stereocenters. The molecule has 0 saturated heterocycles. The minimum absolute atomic E-state index is 0.355. The molecule has 0 unspecified atom stereocenters. The van der Waals surface area contributed by atoms with Crippen LogP contribution in [0.15, 0.2) is 47.6 Å². The third-order valence-electron chi connectivity index (χ3n) is 4.04. The van der Waals surface area contributed by atoms with Crippen molar-refractivity contribution >= 4 is 30.0 Å². The van der Waals surface area contributed by atoms with E-state index in [9.17, 15) is 0 Å². The Morgan fingerprint density at radius 1 is 1.25 bits per heavy atom. The van der Waals surface area contributed by atoms with Gasteiger partial charge >= 0.3 is 0 Å². The Bertz CT molecular complexity index is 1030. The van der Waals surface area contributed by atoms with E-state index in [1.807, 2.05) is 42.5 Å². The van der Waals surface area contributed by atoms with Gasteiger partial charge in [0.1, 0.15) is 6.61 Å². The first kappa shape index (κ1) is 20.1. The molecule has 146 valence electrons. The van der Waals surface area contributed by atoms with Crippen molar-refractivity contribution in [2.75, 3.05) is 7.11 Å². The van der Waals surface area contributed by atoms with E-state index in [4.69, 9.17) is 33.3 Å². The summed E-state index contributed by atoms with van der Waals surface area (Å²) in [6.07, 6.45) is 3.47. The van der Waals surface area contributed by atoms with Gasteiger partial charge in [-0.2, -0.15) is 14.9 Å². The number of nitrogens with one attached hydrogen (secondary N) is 1. The number of benzene rings is 2. The lowest BCUT2D eigenvalue weighted by molar-refractivity contribution is 0.284. The van der Waals surface area contributed by atoms with E-state index in [0.717, 1.165) is 29.8 Å². The van der Waals surface area contributed by atoms with E-state index in [1.165, 1.54) is 0 Å². The van der Waals surface area contributed by atoms with Crippen LogP contribution in [0.3, 0.4) is 0 Å². The molecule has 1 heterocycles. The Kier molecular flexibility index (Phi) is 6.84. The van der Waals surface area contributed by atoms with Gasteiger partial charge in [-0.05, 0) is 48.5 Å². The molecular weight excluding hydrogens is 396 g/mol. The van der Waals surface area contributed by atoms with E-state index in [-0.39, 0.29) is 0 Å². The summed E-state index contributed by atoms with van der Waals surface area (Å²) in [5.41, 5.74) is 1.77. The number of rotatable bonds is 8. The number of hydrogen-bond acceptors (Lipinski definition) is 5. The molecule has 0 bridgehead atoms. The van der Waals surface area contributed by atoms with Crippen molar-refractivity contribution in [3.8, 4) is 11.5 Å². The minimum Gasteiger partial charge on any atom is -0.493 e. The smallest absolute Gasteiger partial charge is 0.216 e. The third kappa shape index (κ3) is 4.79. The normalized spacial score (nSPS) is 11.1. The first-order chi connectivity index (χ1) is 13.6. The summed E-state index contributed by atoms with van der Waals surface area (Å²) in [7, 11) is 1.60. The number of hydrogen-bond donors (Lipinski definition) is 1. The van der Waals surface area contributed by atoms with Crippen molar-refractivity contribution in [3.63, 3.8) is 0 Å². The predicted octanol–water partition coefficient (Wildman–Crippen LogP) is 5.02. The quantitative estimate of drug-likeness (QED) is 0.413. The summed E-state index contributed by atoms with van der Waals surface area (Å²) in [4.78, 5) is 0. The van der Waals surface area contributed by atoms with Crippen molar-refractivity contribution in [2.24, 2.45) is 5.10 Å². The number of H-pyrrole nitrogens is 1. The fourth-order valence-electron chi connectivity index (χ4n) is 2.61. The molecule has 0 aliphatic rings. The van der Waals surface area contributed by atoms with Crippen molar-refractivity contribution in [1.82, 2.24) is 14.9 Å². The summed E-state index contributed by atoms with van der Waals surface area (Å²) < 4.78 is 13.4. The molecule has 0 aliphatic carbocycles. The molecule has 0 fully saturated rings. The number of ether oxygens (including phenoxy) is 2. The van der Waals surface area contributed by atoms with Crippen LogP contribution < -0.4 is 9.47 Å². The monoisotopic (exact) mass is 416 g/mol. The van der Waals surface area contributed by atoms with E-state index < -0.39 is 0 Å². The maximum absolute atomic E-state index is 6.18. The Hall–Kier alpha value is -2.64. The maximum atomic E-state index is 6.18. The molecule has 8 heteroatoms. The lowest BCUT2D eigenvalue weighted by Crippen LogP contribution is -2.00. The van der Waals surface area contributed by atoms with Crippen LogP contribution in [-0.4, -0.2) is 28.2 Å². The molecule has 0 spiro atoms. The zero-order valence-electron chi connectivity index (χ0n) is 15.7. The number of aromatic amines is 1. The number of methoxy groups -OCH3 is 1. The molecular formula is C20H21ClN4O2S. The Morgan fingerprint density at radius 3 is 2.82 bits per heavy atom. The van der Waals surface area contributed by atoms with Crippen molar-refractivity contribution in [1.29, 1.82) is 0 Å². The second-order valence-electron chi connectivity index (χ2n) is 6.04. The zero-order valence-corrected chi connectivity index (χ0v) is 17.3. The molecule has 3 aromatic rings. The number of nitrogens with zero attached hydrogens (tertiary/aromatic N) is 3. The molecule has 3 rings (SSSR count). The molecule has 2 aromatic carbocycles. The van der Waals surface area contributed by atoms with Gasteiger partial charge in [0, 0.05) is 17.0 Å². The summed E-state index contributed by atoms with van der Waals surface area (Å²) in [6, 6.07) is 13.2. The van der Waals surface area contributed by atoms with Crippen LogP contribution in [0.5, 0.6) is 11.5 Å². The Labute approximate surface area is 173 Å². The largest absolute Gasteiger partial charge is 0.493 e. The second-order valence-corrected chi connectivity index (χ2v) is 6.84. The molecule has 0 amide bonds. The van der Waals surface area contributed by atoms with E-state index in [0.29, 0.717) is 27.9 Å². The second kappa shape index (κ2) is 9.52. The van der Waals surface area contributed by atoms with Gasteiger partial charge in [0.2, 0.25) is 4.77 Å². The van der Waals surface area contributed by atoms with Crippen LogP contribution >= 0.6 is 23.8 Å². The van der Waals surface area contributed by atoms with Crippen molar-refractivity contribution in [2.45, 2.75) is 26.4 Å². The topological polar surface area (TPSA) is 64.4 Å². The summed E-state index contributed by atoms with van der Waals surface area (Å²) in [6.45, 7) is 2.44. The van der Waals surface area contributed by atoms with Crippen molar-refractivity contribution in [3.05, 3.63) is 69.2 Å². The van der Waals surface area contributed by atoms with Crippen molar-refractivity contribution < 1.29 is 9.47 Å². The van der Waals surface area contributed by atoms with Crippen LogP contribution in [0.2, 0.25) is 5.02 Å². The third-order valence-corrected chi connectivity index (χ3v) is 4.67. The number of halogens is 1. The van der Waals surface area contributed by atoms with Gasteiger partial charge in [0.25, 0.3) is 0 Å². The first-order valence-corrected chi connectivity index (χ1v) is 9.66. The lowest BCUT2D eigenvalue weighted by Gasteiger charge is -2.12. The molecule has 0 saturated carbocycles. The Morgan fingerprint density at radius 2 is 2.07 bits per heavy atom. The molecule has 1 N–H and O–H groups in total. The van der Waals surface area contributed by atoms with Crippen LogP contribution in [0, 0.1) is 4.77 Å². The van der Waals surface area contributed by atoms with E-state index in [2.05, 4.69) is 22.2 Å². The fraction of sp³-hybridized carbons (Fsp3) is 0.250. The SMILES string of the molecule is CCCc1n[nH]c(=S)n1/N=C/c1ccc(OCc2ccccc2Cl)c(OC)c1. The maximum Gasteiger partial charge on any atom is 0.216 e. The summed E-state index contributed by atoms with van der Waals surface area (Å²) in [5, 5.41) is 12.1. The lowest BCUT2D eigenvalue weighted by atomic mass is 10.2. The van der Waals surface area contributed by atoms with Crippen LogP contribution in [0.1, 0.15) is 30.3 Å². The van der Waals surface area contributed by atoms with Gasteiger partial charge in [-0.3, -0.25) is 5.10 Å². The average Bonchev–Trinajstić information content (AvgIpc) is 3.05. The van der Waals surface area contributed by atoms with Gasteiger partial charge in [-0.15, -0.1) is 0 Å². The van der Waals surface area contributed by atoms with E-state index in [1.54, 1.807) is 18.0 Å². The zero-order chi connectivity index (χ0) is 19.9. The molecule has 0 aliphatic heterocycles. The van der Waals surface area contributed by atoms with Crippen LogP contribution in [0.25, 0.3) is 0 Å². The van der Waals surface area contributed by atoms with Crippen LogP contribution in [0.4, 0.5) is 0 Å². The van der Waals surface area contributed by atoms with Gasteiger partial charge in [-0.1, -0.05) is 36.7 Å². The molecule has 28 heavy (non-hydrogen) atoms. The highest BCUT2D eigenvalue weighted by Crippen LogP contribution is 2.29. The van der Waals surface area contributed by atoms with Gasteiger partial charge in [-0.25, -0.2) is 0 Å². The summed E-state index contributed by atoms with van der Waals surface area (Å²) in [5.74, 6) is 2.04. The Balaban J connectivity index is 1.77. The van der Waals surface area contributed by atoms with Gasteiger partial charge < -0.3 is 9.47 Å². The highest BCUT2D eigenvalue weighted by Gasteiger charge is 2.08. The average molecular weight is 417 g/mol. The predicted molar refractivity (Wildman–Crippen MR) is 113 cm³/mol. The minimum atomic E-state index is 0.355. The molecule has 0 radical (unpaired) electrons. The summed E-state index contributed by atoms with van der Waals surface area (Å²) >= 11 is 11.4. The van der Waals surface area contributed by atoms with Crippen LogP contribution in [-0.2, 0) is 13.0 Å². The first-order valence-electron chi connectivity index (χ1n) is 8.87. The fourth-order valence-corrected chi connectivity index (χ4v) is 3.00. The molecule has 6 nitrogen and oxygen atoms in total. The highest BCUT2D eigenvalue weighted by molar-refractivity contribution is 7.71. The highest BCUT2D eigenvalue weighted by atomic mass is 35.5. The number of aryl methyl sites for hydroxylation is 1. The van der Waals surface area contributed by atoms with Gasteiger partial charge in [0.05, 0.1) is 13.3 Å².